The fraction of sp³-hybridized carbons (Fsp3) is 0.611. The van der Waals surface area contributed by atoms with Crippen LogP contribution in [0, 0.1) is 5.92 Å². The normalized spacial score (nSPS) is 17.0. The molecule has 0 spiro atoms. The Balaban J connectivity index is 1.72. The quantitative estimate of drug-likeness (QED) is 0.838. The van der Waals surface area contributed by atoms with E-state index in [-0.39, 0.29) is 5.91 Å². The fourth-order valence-electron chi connectivity index (χ4n) is 2.80. The van der Waals surface area contributed by atoms with Gasteiger partial charge in [0.05, 0.1) is 12.6 Å². The highest BCUT2D eigenvalue weighted by molar-refractivity contribution is 5.84. The molecule has 0 aromatic heterocycles. The van der Waals surface area contributed by atoms with Crippen LogP contribution in [0.1, 0.15) is 32.3 Å². The van der Waals surface area contributed by atoms with Crippen LogP contribution in [0.5, 0.6) is 5.75 Å². The van der Waals surface area contributed by atoms with Crippen LogP contribution in [0.15, 0.2) is 24.3 Å². The smallest absolute Gasteiger partial charge is 0.239 e. The number of nitrogens with two attached hydrogens (primary N) is 1. The van der Waals surface area contributed by atoms with Crippen molar-refractivity contribution in [1.82, 2.24) is 10.2 Å². The number of rotatable bonds is 6. The SMILES string of the molecule is COc1ccc(CN2CCC(CNC(=O)C(C)(C)N)CC2)cc1. The van der Waals surface area contributed by atoms with Crippen molar-refractivity contribution in [2.24, 2.45) is 11.7 Å². The monoisotopic (exact) mass is 319 g/mol. The Labute approximate surface area is 139 Å². The van der Waals surface area contributed by atoms with Crippen LogP contribution in [0.4, 0.5) is 0 Å². The second-order valence-corrected chi connectivity index (χ2v) is 7.00. The third-order valence-corrected chi connectivity index (χ3v) is 4.41. The van der Waals surface area contributed by atoms with Gasteiger partial charge in [0.1, 0.15) is 5.75 Å². The summed E-state index contributed by atoms with van der Waals surface area (Å²) in [6.07, 6.45) is 2.23. The first-order valence-corrected chi connectivity index (χ1v) is 8.31. The Morgan fingerprint density at radius 3 is 2.43 bits per heavy atom. The van der Waals surface area contributed by atoms with Crippen LogP contribution in [-0.2, 0) is 11.3 Å². The molecule has 1 fully saturated rings. The van der Waals surface area contributed by atoms with Gasteiger partial charge in [-0.05, 0) is 63.4 Å². The van der Waals surface area contributed by atoms with Crippen molar-refractivity contribution in [3.8, 4) is 5.75 Å². The van der Waals surface area contributed by atoms with Crippen LogP contribution in [0.25, 0.3) is 0 Å². The molecule has 0 aliphatic carbocycles. The molecule has 1 aromatic rings. The van der Waals surface area contributed by atoms with Gasteiger partial charge < -0.3 is 15.8 Å². The summed E-state index contributed by atoms with van der Waals surface area (Å²) < 4.78 is 5.19. The molecule has 0 bridgehead atoms. The van der Waals surface area contributed by atoms with Crippen LogP contribution >= 0.6 is 0 Å². The topological polar surface area (TPSA) is 67.6 Å². The average Bonchev–Trinajstić information content (AvgIpc) is 2.53. The number of carbonyl (C=O) groups excluding carboxylic acids is 1. The molecule has 0 unspecified atom stereocenters. The number of hydrogen-bond acceptors (Lipinski definition) is 4. The van der Waals surface area contributed by atoms with Crippen molar-refractivity contribution in [2.45, 2.75) is 38.8 Å². The van der Waals surface area contributed by atoms with Gasteiger partial charge in [-0.25, -0.2) is 0 Å². The number of nitrogens with one attached hydrogen (secondary N) is 1. The van der Waals surface area contributed by atoms with Crippen LogP contribution in [0.3, 0.4) is 0 Å². The number of carbonyl (C=O) groups is 1. The van der Waals surface area contributed by atoms with E-state index >= 15 is 0 Å². The van der Waals surface area contributed by atoms with E-state index in [1.54, 1.807) is 21.0 Å². The Kier molecular flexibility index (Phi) is 6.02. The van der Waals surface area contributed by atoms with Crippen molar-refractivity contribution < 1.29 is 9.53 Å². The Morgan fingerprint density at radius 1 is 1.30 bits per heavy atom. The molecule has 0 radical (unpaired) electrons. The number of nitrogens with zero attached hydrogens (tertiary/aromatic N) is 1. The second kappa shape index (κ2) is 7.79. The Hall–Kier alpha value is -1.59. The van der Waals surface area contributed by atoms with E-state index in [4.69, 9.17) is 10.5 Å². The number of methoxy groups -OCH3 is 1. The zero-order chi connectivity index (χ0) is 16.9. The van der Waals surface area contributed by atoms with Crippen LogP contribution in [0.2, 0.25) is 0 Å². The number of hydrogen-bond donors (Lipinski definition) is 2. The number of ether oxygens (including phenoxy) is 1. The van der Waals surface area contributed by atoms with E-state index in [1.807, 2.05) is 12.1 Å². The van der Waals surface area contributed by atoms with Crippen LogP contribution < -0.4 is 15.8 Å². The first-order valence-electron chi connectivity index (χ1n) is 8.31. The summed E-state index contributed by atoms with van der Waals surface area (Å²) in [7, 11) is 1.68. The second-order valence-electron chi connectivity index (χ2n) is 7.00. The molecular formula is C18H29N3O2. The van der Waals surface area contributed by atoms with E-state index in [9.17, 15) is 4.79 Å². The summed E-state index contributed by atoms with van der Waals surface area (Å²) in [6, 6.07) is 8.25. The first kappa shape index (κ1) is 17.8. The Bertz CT molecular complexity index is 500. The summed E-state index contributed by atoms with van der Waals surface area (Å²) in [4.78, 5) is 14.3. The predicted molar refractivity (Wildman–Crippen MR) is 92.3 cm³/mol. The van der Waals surface area contributed by atoms with E-state index in [2.05, 4.69) is 22.3 Å². The van der Waals surface area contributed by atoms with Gasteiger partial charge in [0.25, 0.3) is 0 Å². The third kappa shape index (κ3) is 5.52. The molecule has 0 atom stereocenters. The fourth-order valence-corrected chi connectivity index (χ4v) is 2.80. The average molecular weight is 319 g/mol. The van der Waals surface area contributed by atoms with Crippen molar-refractivity contribution in [2.75, 3.05) is 26.7 Å². The van der Waals surface area contributed by atoms with Crippen LogP contribution in [-0.4, -0.2) is 43.1 Å². The van der Waals surface area contributed by atoms with E-state index in [0.717, 1.165) is 44.8 Å². The highest BCUT2D eigenvalue weighted by atomic mass is 16.5. The van der Waals surface area contributed by atoms with Gasteiger partial charge in [-0.3, -0.25) is 9.69 Å². The molecule has 1 aliphatic rings. The zero-order valence-electron chi connectivity index (χ0n) is 14.5. The van der Waals surface area contributed by atoms with Crippen molar-refractivity contribution >= 4 is 5.91 Å². The zero-order valence-corrected chi connectivity index (χ0v) is 14.5. The highest BCUT2D eigenvalue weighted by Gasteiger charge is 2.24. The van der Waals surface area contributed by atoms with Gasteiger partial charge in [-0.2, -0.15) is 0 Å². The maximum absolute atomic E-state index is 11.8. The summed E-state index contributed by atoms with van der Waals surface area (Å²) in [5.74, 6) is 1.37. The molecule has 23 heavy (non-hydrogen) atoms. The highest BCUT2D eigenvalue weighted by Crippen LogP contribution is 2.19. The van der Waals surface area contributed by atoms with E-state index in [0.29, 0.717) is 5.92 Å². The molecule has 1 heterocycles. The molecule has 1 aromatic carbocycles. The molecular weight excluding hydrogens is 290 g/mol. The maximum atomic E-state index is 11.8. The van der Waals surface area contributed by atoms with Gasteiger partial charge in [0, 0.05) is 13.1 Å². The molecule has 3 N–H and O–H groups in total. The maximum Gasteiger partial charge on any atom is 0.239 e. The largest absolute Gasteiger partial charge is 0.497 e. The van der Waals surface area contributed by atoms with Crippen molar-refractivity contribution in [1.29, 1.82) is 0 Å². The van der Waals surface area contributed by atoms with Gasteiger partial charge in [-0.1, -0.05) is 12.1 Å². The lowest BCUT2D eigenvalue weighted by atomic mass is 9.95. The molecule has 0 saturated carbocycles. The predicted octanol–water partition coefficient (Wildman–Crippen LogP) is 1.76. The molecule has 1 aliphatic heterocycles. The summed E-state index contributed by atoms with van der Waals surface area (Å²) in [5.41, 5.74) is 6.31. The number of benzene rings is 1. The summed E-state index contributed by atoms with van der Waals surface area (Å²) >= 11 is 0. The number of likely N-dealkylation sites (tertiary alicyclic amines) is 1. The molecule has 2 rings (SSSR count). The lowest BCUT2D eigenvalue weighted by molar-refractivity contribution is -0.125. The summed E-state index contributed by atoms with van der Waals surface area (Å²) in [6.45, 7) is 7.31. The third-order valence-electron chi connectivity index (χ3n) is 4.41. The Morgan fingerprint density at radius 2 is 1.91 bits per heavy atom. The minimum Gasteiger partial charge on any atom is -0.497 e. The lowest BCUT2D eigenvalue weighted by Crippen LogP contribution is -2.50. The van der Waals surface area contributed by atoms with Crippen molar-refractivity contribution in [3.63, 3.8) is 0 Å². The minimum atomic E-state index is -0.797. The first-order chi connectivity index (χ1) is 10.9. The molecule has 5 heteroatoms. The number of piperidine rings is 1. The van der Waals surface area contributed by atoms with Gasteiger partial charge in [-0.15, -0.1) is 0 Å². The van der Waals surface area contributed by atoms with E-state index < -0.39 is 5.54 Å². The molecule has 1 saturated heterocycles. The van der Waals surface area contributed by atoms with Crippen molar-refractivity contribution in [3.05, 3.63) is 29.8 Å². The van der Waals surface area contributed by atoms with Gasteiger partial charge in [0.2, 0.25) is 5.91 Å². The lowest BCUT2D eigenvalue weighted by Gasteiger charge is -2.32. The molecule has 5 nitrogen and oxygen atoms in total. The van der Waals surface area contributed by atoms with Gasteiger partial charge in [0.15, 0.2) is 0 Å². The standard InChI is InChI=1S/C18H29N3O2/c1-18(2,19)17(22)20-12-14-8-10-21(11-9-14)13-15-4-6-16(23-3)7-5-15/h4-7,14H,8-13,19H2,1-3H3,(H,20,22). The number of amides is 1. The molecule has 1 amide bonds. The minimum absolute atomic E-state index is 0.0711. The summed E-state index contributed by atoms with van der Waals surface area (Å²) in [5, 5.41) is 2.97. The van der Waals surface area contributed by atoms with Gasteiger partial charge >= 0.3 is 0 Å². The van der Waals surface area contributed by atoms with E-state index in [1.165, 1.54) is 5.56 Å². The molecule has 128 valence electrons.